The minimum absolute atomic E-state index is 0.00470. The second-order valence-corrected chi connectivity index (χ2v) is 6.04. The SMILES string of the molecule is CC1(C)C(O)CC1NC(=O)C1COc2ccccc21. The Morgan fingerprint density at radius 2 is 2.16 bits per heavy atom. The molecular formula is C15H19NO3. The summed E-state index contributed by atoms with van der Waals surface area (Å²) in [5.41, 5.74) is 0.715. The van der Waals surface area contributed by atoms with E-state index in [1.165, 1.54) is 0 Å². The highest BCUT2D eigenvalue weighted by atomic mass is 16.5. The van der Waals surface area contributed by atoms with E-state index in [0.29, 0.717) is 13.0 Å². The third-order valence-corrected chi connectivity index (χ3v) is 4.55. The molecular weight excluding hydrogens is 242 g/mol. The number of hydrogen-bond acceptors (Lipinski definition) is 3. The maximum atomic E-state index is 12.3. The van der Waals surface area contributed by atoms with Gasteiger partial charge in [0.1, 0.15) is 18.3 Å². The van der Waals surface area contributed by atoms with Gasteiger partial charge in [0.25, 0.3) is 0 Å². The van der Waals surface area contributed by atoms with Crippen LogP contribution in [0.4, 0.5) is 0 Å². The van der Waals surface area contributed by atoms with E-state index in [1.807, 2.05) is 38.1 Å². The summed E-state index contributed by atoms with van der Waals surface area (Å²) in [7, 11) is 0. The topological polar surface area (TPSA) is 58.6 Å². The highest BCUT2D eigenvalue weighted by molar-refractivity contribution is 5.85. The molecule has 1 fully saturated rings. The van der Waals surface area contributed by atoms with Crippen molar-refractivity contribution in [2.45, 2.75) is 38.3 Å². The first-order valence-corrected chi connectivity index (χ1v) is 6.70. The monoisotopic (exact) mass is 261 g/mol. The lowest BCUT2D eigenvalue weighted by Gasteiger charge is -2.49. The minimum atomic E-state index is -0.329. The molecule has 1 aliphatic heterocycles. The van der Waals surface area contributed by atoms with Crippen LogP contribution in [0, 0.1) is 5.41 Å². The van der Waals surface area contributed by atoms with Gasteiger partial charge in [0.2, 0.25) is 5.91 Å². The van der Waals surface area contributed by atoms with E-state index in [0.717, 1.165) is 11.3 Å². The van der Waals surface area contributed by atoms with Gasteiger partial charge in [0.05, 0.1) is 6.10 Å². The normalized spacial score (nSPS) is 31.0. The lowest BCUT2D eigenvalue weighted by Crippen LogP contribution is -2.61. The van der Waals surface area contributed by atoms with Crippen molar-refractivity contribution < 1.29 is 14.6 Å². The van der Waals surface area contributed by atoms with Crippen LogP contribution >= 0.6 is 0 Å². The molecule has 0 bridgehead atoms. The van der Waals surface area contributed by atoms with E-state index in [1.54, 1.807) is 0 Å². The average Bonchev–Trinajstić information content (AvgIpc) is 2.82. The van der Waals surface area contributed by atoms with Gasteiger partial charge in [0.15, 0.2) is 0 Å². The fourth-order valence-corrected chi connectivity index (χ4v) is 2.80. The number of nitrogens with one attached hydrogen (secondary N) is 1. The van der Waals surface area contributed by atoms with Crippen molar-refractivity contribution in [3.8, 4) is 5.75 Å². The molecule has 1 heterocycles. The van der Waals surface area contributed by atoms with Crippen LogP contribution in [0.2, 0.25) is 0 Å². The quantitative estimate of drug-likeness (QED) is 0.847. The van der Waals surface area contributed by atoms with Crippen LogP contribution in [0.5, 0.6) is 5.75 Å². The maximum Gasteiger partial charge on any atom is 0.231 e. The Labute approximate surface area is 112 Å². The van der Waals surface area contributed by atoms with Gasteiger partial charge in [-0.15, -0.1) is 0 Å². The fourth-order valence-electron chi connectivity index (χ4n) is 2.80. The molecule has 1 saturated carbocycles. The number of rotatable bonds is 2. The second kappa shape index (κ2) is 4.23. The summed E-state index contributed by atoms with van der Waals surface area (Å²) in [6.45, 7) is 4.36. The Morgan fingerprint density at radius 3 is 2.84 bits per heavy atom. The summed E-state index contributed by atoms with van der Waals surface area (Å²) < 4.78 is 5.53. The molecule has 1 aliphatic carbocycles. The fraction of sp³-hybridized carbons (Fsp3) is 0.533. The zero-order valence-corrected chi connectivity index (χ0v) is 11.2. The molecule has 0 aromatic heterocycles. The van der Waals surface area contributed by atoms with Gasteiger partial charge in [0, 0.05) is 17.0 Å². The molecule has 102 valence electrons. The standard InChI is InChI=1S/C15H19NO3/c1-15(2)12(7-13(15)17)16-14(18)10-8-19-11-6-4-3-5-9(10)11/h3-6,10,12-13,17H,7-8H2,1-2H3,(H,16,18). The maximum absolute atomic E-state index is 12.3. The van der Waals surface area contributed by atoms with Crippen LogP contribution in [0.3, 0.4) is 0 Å². The number of amides is 1. The smallest absolute Gasteiger partial charge is 0.231 e. The summed E-state index contributed by atoms with van der Waals surface area (Å²) in [6, 6.07) is 7.70. The Hall–Kier alpha value is -1.55. The van der Waals surface area contributed by atoms with Gasteiger partial charge < -0.3 is 15.2 Å². The number of fused-ring (bicyclic) bond motifs is 1. The summed E-state index contributed by atoms with van der Waals surface area (Å²) in [5, 5.41) is 12.7. The third kappa shape index (κ3) is 1.91. The molecule has 1 amide bonds. The molecule has 1 aromatic carbocycles. The molecule has 0 radical (unpaired) electrons. The lowest BCUT2D eigenvalue weighted by molar-refractivity contribution is -0.130. The highest BCUT2D eigenvalue weighted by Gasteiger charge is 2.48. The lowest BCUT2D eigenvalue weighted by atomic mass is 9.64. The summed E-state index contributed by atoms with van der Waals surface area (Å²) >= 11 is 0. The van der Waals surface area contributed by atoms with Crippen LogP contribution in [-0.4, -0.2) is 29.8 Å². The Balaban J connectivity index is 1.70. The van der Waals surface area contributed by atoms with E-state index >= 15 is 0 Å². The van der Waals surface area contributed by atoms with E-state index in [4.69, 9.17) is 4.74 Å². The number of aliphatic hydroxyl groups is 1. The average molecular weight is 261 g/mol. The van der Waals surface area contributed by atoms with E-state index in [2.05, 4.69) is 5.32 Å². The Bertz CT molecular complexity index is 512. The van der Waals surface area contributed by atoms with Crippen LogP contribution in [0.15, 0.2) is 24.3 Å². The number of carbonyl (C=O) groups excluding carboxylic acids is 1. The molecule has 19 heavy (non-hydrogen) atoms. The van der Waals surface area contributed by atoms with Crippen LogP contribution in [-0.2, 0) is 4.79 Å². The van der Waals surface area contributed by atoms with Gasteiger partial charge >= 0.3 is 0 Å². The van der Waals surface area contributed by atoms with Crippen molar-refractivity contribution in [1.82, 2.24) is 5.32 Å². The second-order valence-electron chi connectivity index (χ2n) is 6.04. The first kappa shape index (κ1) is 12.5. The van der Waals surface area contributed by atoms with Gasteiger partial charge in [-0.2, -0.15) is 0 Å². The van der Waals surface area contributed by atoms with Crippen molar-refractivity contribution in [3.05, 3.63) is 29.8 Å². The van der Waals surface area contributed by atoms with E-state index in [-0.39, 0.29) is 29.4 Å². The molecule has 2 aliphatic rings. The first-order chi connectivity index (χ1) is 9.00. The van der Waals surface area contributed by atoms with Crippen LogP contribution < -0.4 is 10.1 Å². The van der Waals surface area contributed by atoms with Gasteiger partial charge in [-0.1, -0.05) is 32.0 Å². The molecule has 4 heteroatoms. The Morgan fingerprint density at radius 1 is 1.42 bits per heavy atom. The number of benzene rings is 1. The van der Waals surface area contributed by atoms with E-state index in [9.17, 15) is 9.90 Å². The minimum Gasteiger partial charge on any atom is -0.492 e. The van der Waals surface area contributed by atoms with Crippen molar-refractivity contribution >= 4 is 5.91 Å². The predicted octanol–water partition coefficient (Wildman–Crippen LogP) is 1.44. The molecule has 0 spiro atoms. The Kier molecular flexibility index (Phi) is 2.78. The van der Waals surface area contributed by atoms with Gasteiger partial charge in [-0.05, 0) is 12.5 Å². The third-order valence-electron chi connectivity index (χ3n) is 4.55. The van der Waals surface area contributed by atoms with Gasteiger partial charge in [-0.25, -0.2) is 0 Å². The van der Waals surface area contributed by atoms with Crippen LogP contribution in [0.1, 0.15) is 31.7 Å². The number of para-hydroxylation sites is 1. The molecule has 3 rings (SSSR count). The van der Waals surface area contributed by atoms with Crippen molar-refractivity contribution in [2.75, 3.05) is 6.61 Å². The number of ether oxygens (including phenoxy) is 1. The highest BCUT2D eigenvalue weighted by Crippen LogP contribution is 2.41. The molecule has 3 atom stereocenters. The number of aliphatic hydroxyl groups excluding tert-OH is 1. The van der Waals surface area contributed by atoms with E-state index < -0.39 is 0 Å². The summed E-state index contributed by atoms with van der Waals surface area (Å²) in [6.07, 6.45) is 0.304. The zero-order chi connectivity index (χ0) is 13.6. The molecule has 1 aromatic rings. The summed E-state index contributed by atoms with van der Waals surface area (Å²) in [4.78, 5) is 12.3. The molecule has 4 nitrogen and oxygen atoms in total. The zero-order valence-electron chi connectivity index (χ0n) is 11.2. The number of hydrogen-bond donors (Lipinski definition) is 2. The first-order valence-electron chi connectivity index (χ1n) is 6.70. The summed E-state index contributed by atoms with van der Waals surface area (Å²) in [5.74, 6) is 0.565. The van der Waals surface area contributed by atoms with Crippen molar-refractivity contribution in [3.63, 3.8) is 0 Å². The molecule has 2 N–H and O–H groups in total. The van der Waals surface area contributed by atoms with Gasteiger partial charge in [-0.3, -0.25) is 4.79 Å². The largest absolute Gasteiger partial charge is 0.492 e. The van der Waals surface area contributed by atoms with Crippen molar-refractivity contribution in [1.29, 1.82) is 0 Å². The predicted molar refractivity (Wildman–Crippen MR) is 71.0 cm³/mol. The van der Waals surface area contributed by atoms with Crippen LogP contribution in [0.25, 0.3) is 0 Å². The number of carbonyl (C=O) groups is 1. The van der Waals surface area contributed by atoms with Crippen molar-refractivity contribution in [2.24, 2.45) is 5.41 Å². The molecule has 0 saturated heterocycles. The molecule has 3 unspecified atom stereocenters.